The highest BCUT2D eigenvalue weighted by Crippen LogP contribution is 2.29. The molecule has 0 radical (unpaired) electrons. The molecule has 0 saturated carbocycles. The quantitative estimate of drug-likeness (QED) is 0.455. The standard InChI is InChI=1S/C26H23FN6/c27-19-7-5-18(6-8-19)17-33-25-15-20(32-13-11-28-12-14-32)9-10-23(25)31-26(33)24-16-29-21-3-1-2-4-22(21)30-24/h1-10,15-16,28H,11-14,17H2. The number of anilines is 1. The number of halogens is 1. The number of piperazine rings is 1. The summed E-state index contributed by atoms with van der Waals surface area (Å²) in [5.41, 5.74) is 6.51. The lowest BCUT2D eigenvalue weighted by Crippen LogP contribution is -2.43. The Labute approximate surface area is 190 Å². The first-order valence-electron chi connectivity index (χ1n) is 11.2. The minimum atomic E-state index is -0.240. The number of nitrogens with one attached hydrogen (secondary N) is 1. The molecule has 164 valence electrons. The molecule has 6 rings (SSSR count). The Bertz CT molecular complexity index is 1440. The summed E-state index contributed by atoms with van der Waals surface area (Å²) in [5, 5.41) is 3.41. The Hall–Kier alpha value is -3.84. The third-order valence-electron chi connectivity index (χ3n) is 6.15. The molecule has 33 heavy (non-hydrogen) atoms. The molecule has 3 aromatic carbocycles. The summed E-state index contributed by atoms with van der Waals surface area (Å²) in [6.45, 7) is 4.46. The van der Waals surface area contributed by atoms with Gasteiger partial charge >= 0.3 is 0 Å². The molecule has 7 heteroatoms. The van der Waals surface area contributed by atoms with Gasteiger partial charge in [0.15, 0.2) is 5.82 Å². The molecule has 3 heterocycles. The number of aromatic nitrogens is 4. The SMILES string of the molecule is Fc1ccc(Cn2c(-c3cnc4ccccc4n3)nc3ccc(N4CCNCC4)cc32)cc1. The van der Waals surface area contributed by atoms with E-state index in [1.54, 1.807) is 6.20 Å². The lowest BCUT2D eigenvalue weighted by atomic mass is 10.2. The summed E-state index contributed by atoms with van der Waals surface area (Å²) in [6.07, 6.45) is 1.78. The highest BCUT2D eigenvalue weighted by Gasteiger charge is 2.18. The molecule has 5 aromatic rings. The third kappa shape index (κ3) is 3.81. The Balaban J connectivity index is 1.51. The third-order valence-corrected chi connectivity index (χ3v) is 6.15. The van der Waals surface area contributed by atoms with Crippen LogP contribution in [0.1, 0.15) is 5.56 Å². The van der Waals surface area contributed by atoms with Crippen LogP contribution in [0.2, 0.25) is 0 Å². The van der Waals surface area contributed by atoms with Crippen LogP contribution < -0.4 is 10.2 Å². The fourth-order valence-electron chi connectivity index (χ4n) is 4.42. The highest BCUT2D eigenvalue weighted by molar-refractivity contribution is 5.84. The van der Waals surface area contributed by atoms with E-state index in [1.807, 2.05) is 36.4 Å². The Kier molecular flexibility index (Phi) is 4.96. The molecular weight excluding hydrogens is 415 g/mol. The summed E-state index contributed by atoms with van der Waals surface area (Å²) in [7, 11) is 0. The van der Waals surface area contributed by atoms with Crippen LogP contribution in [0.4, 0.5) is 10.1 Å². The predicted octanol–water partition coefficient (Wildman–Crippen LogP) is 4.24. The monoisotopic (exact) mass is 438 g/mol. The van der Waals surface area contributed by atoms with Gasteiger partial charge in [0.05, 0.1) is 28.3 Å². The maximum Gasteiger partial charge on any atom is 0.161 e. The van der Waals surface area contributed by atoms with Crippen molar-refractivity contribution in [3.05, 3.63) is 84.3 Å². The minimum Gasteiger partial charge on any atom is -0.369 e. The van der Waals surface area contributed by atoms with E-state index in [1.165, 1.54) is 17.8 Å². The van der Waals surface area contributed by atoms with Gasteiger partial charge in [-0.25, -0.2) is 14.4 Å². The average Bonchev–Trinajstić information content (AvgIpc) is 3.23. The Morgan fingerprint density at radius 1 is 0.848 bits per heavy atom. The predicted molar refractivity (Wildman–Crippen MR) is 129 cm³/mol. The molecule has 0 spiro atoms. The van der Waals surface area contributed by atoms with Crippen molar-refractivity contribution in [3.8, 4) is 11.5 Å². The molecule has 1 fully saturated rings. The van der Waals surface area contributed by atoms with Gasteiger partial charge in [-0.3, -0.25) is 4.98 Å². The normalized spacial score (nSPS) is 14.3. The van der Waals surface area contributed by atoms with E-state index in [4.69, 9.17) is 9.97 Å². The number of imidazole rings is 1. The zero-order valence-electron chi connectivity index (χ0n) is 18.1. The summed E-state index contributed by atoms with van der Waals surface area (Å²) in [5.74, 6) is 0.515. The molecule has 0 aliphatic carbocycles. The first-order valence-corrected chi connectivity index (χ1v) is 11.2. The molecule has 1 saturated heterocycles. The van der Waals surface area contributed by atoms with Crippen molar-refractivity contribution >= 4 is 27.8 Å². The van der Waals surface area contributed by atoms with Gasteiger partial charge in [0.1, 0.15) is 11.5 Å². The van der Waals surface area contributed by atoms with Gasteiger partial charge in [0.2, 0.25) is 0 Å². The zero-order valence-corrected chi connectivity index (χ0v) is 18.1. The van der Waals surface area contributed by atoms with Crippen LogP contribution in [-0.2, 0) is 6.54 Å². The number of hydrogen-bond donors (Lipinski definition) is 1. The zero-order chi connectivity index (χ0) is 22.2. The fourth-order valence-corrected chi connectivity index (χ4v) is 4.42. The molecule has 1 aliphatic heterocycles. The van der Waals surface area contributed by atoms with Crippen LogP contribution in [0, 0.1) is 5.82 Å². The van der Waals surface area contributed by atoms with Crippen molar-refractivity contribution in [2.75, 3.05) is 31.1 Å². The van der Waals surface area contributed by atoms with Crippen LogP contribution in [0.15, 0.2) is 72.9 Å². The summed E-state index contributed by atoms with van der Waals surface area (Å²) >= 11 is 0. The number of fused-ring (bicyclic) bond motifs is 2. The van der Waals surface area contributed by atoms with Crippen molar-refractivity contribution < 1.29 is 4.39 Å². The maximum atomic E-state index is 13.5. The van der Waals surface area contributed by atoms with Gasteiger partial charge in [-0.2, -0.15) is 0 Å². The number of rotatable bonds is 4. The Morgan fingerprint density at radius 2 is 1.64 bits per heavy atom. The second-order valence-corrected chi connectivity index (χ2v) is 8.30. The van der Waals surface area contributed by atoms with Crippen molar-refractivity contribution in [1.29, 1.82) is 0 Å². The second kappa shape index (κ2) is 8.26. The van der Waals surface area contributed by atoms with Crippen LogP contribution in [0.3, 0.4) is 0 Å². The smallest absolute Gasteiger partial charge is 0.161 e. The van der Waals surface area contributed by atoms with E-state index in [2.05, 4.69) is 38.0 Å². The van der Waals surface area contributed by atoms with Gasteiger partial charge in [-0.1, -0.05) is 24.3 Å². The van der Waals surface area contributed by atoms with Gasteiger partial charge in [0, 0.05) is 38.4 Å². The molecule has 0 unspecified atom stereocenters. The van der Waals surface area contributed by atoms with E-state index in [-0.39, 0.29) is 5.82 Å². The largest absolute Gasteiger partial charge is 0.369 e. The molecule has 1 N–H and O–H groups in total. The van der Waals surface area contributed by atoms with E-state index < -0.39 is 0 Å². The van der Waals surface area contributed by atoms with Crippen LogP contribution >= 0.6 is 0 Å². The number of hydrogen-bond acceptors (Lipinski definition) is 5. The molecule has 0 amide bonds. The van der Waals surface area contributed by atoms with Crippen LogP contribution in [0.5, 0.6) is 0 Å². The maximum absolute atomic E-state index is 13.5. The first-order chi connectivity index (χ1) is 16.2. The summed E-state index contributed by atoms with van der Waals surface area (Å²) in [6, 6.07) is 20.9. The van der Waals surface area contributed by atoms with Crippen molar-refractivity contribution in [2.24, 2.45) is 0 Å². The van der Waals surface area contributed by atoms with E-state index >= 15 is 0 Å². The van der Waals surface area contributed by atoms with Gasteiger partial charge in [-0.05, 0) is 48.0 Å². The lowest BCUT2D eigenvalue weighted by Gasteiger charge is -2.29. The highest BCUT2D eigenvalue weighted by atomic mass is 19.1. The number of benzene rings is 3. The van der Waals surface area contributed by atoms with E-state index in [0.29, 0.717) is 6.54 Å². The lowest BCUT2D eigenvalue weighted by molar-refractivity contribution is 0.589. The molecule has 0 bridgehead atoms. The first kappa shape index (κ1) is 19.8. The number of para-hydroxylation sites is 2. The fraction of sp³-hybridized carbons (Fsp3) is 0.192. The van der Waals surface area contributed by atoms with Gasteiger partial charge in [-0.15, -0.1) is 0 Å². The molecule has 1 aliphatic rings. The van der Waals surface area contributed by atoms with Gasteiger partial charge in [0.25, 0.3) is 0 Å². The minimum absolute atomic E-state index is 0.240. The molecule has 6 nitrogen and oxygen atoms in total. The van der Waals surface area contributed by atoms with E-state index in [0.717, 1.165) is 65.3 Å². The van der Waals surface area contributed by atoms with Gasteiger partial charge < -0.3 is 14.8 Å². The van der Waals surface area contributed by atoms with Crippen LogP contribution in [0.25, 0.3) is 33.6 Å². The summed E-state index contributed by atoms with van der Waals surface area (Å²) < 4.78 is 15.7. The van der Waals surface area contributed by atoms with Crippen molar-refractivity contribution in [2.45, 2.75) is 6.54 Å². The topological polar surface area (TPSA) is 58.9 Å². The Morgan fingerprint density at radius 3 is 2.45 bits per heavy atom. The molecule has 2 aromatic heterocycles. The van der Waals surface area contributed by atoms with E-state index in [9.17, 15) is 4.39 Å². The van der Waals surface area contributed by atoms with Crippen molar-refractivity contribution in [1.82, 2.24) is 24.8 Å². The molecular formula is C26H23FN6. The average molecular weight is 439 g/mol. The second-order valence-electron chi connectivity index (χ2n) is 8.30. The molecule has 0 atom stereocenters. The number of nitrogens with zero attached hydrogens (tertiary/aromatic N) is 5. The van der Waals surface area contributed by atoms with Crippen molar-refractivity contribution in [3.63, 3.8) is 0 Å². The summed E-state index contributed by atoms with van der Waals surface area (Å²) in [4.78, 5) is 16.8. The van der Waals surface area contributed by atoms with Crippen LogP contribution in [-0.4, -0.2) is 45.7 Å².